The second-order valence-corrected chi connectivity index (χ2v) is 3.65. The maximum Gasteiger partial charge on any atom is 0.160 e. The molecule has 2 rings (SSSR count). The number of hydrazine groups is 1. The van der Waals surface area contributed by atoms with Crippen LogP contribution in [0.1, 0.15) is 12.5 Å². The zero-order valence-electron chi connectivity index (χ0n) is 8.88. The monoisotopic (exact) mass is 205 g/mol. The Morgan fingerprint density at radius 2 is 2.00 bits per heavy atom. The van der Waals surface area contributed by atoms with Gasteiger partial charge in [-0.3, -0.25) is 4.99 Å². The topological polar surface area (TPSA) is 47.9 Å². The predicted molar refractivity (Wildman–Crippen MR) is 59.3 cm³/mol. The van der Waals surface area contributed by atoms with Gasteiger partial charge in [0.2, 0.25) is 0 Å². The van der Waals surface area contributed by atoms with Gasteiger partial charge in [0, 0.05) is 7.05 Å². The van der Waals surface area contributed by atoms with Gasteiger partial charge >= 0.3 is 0 Å². The average molecular weight is 205 g/mol. The maximum atomic E-state index is 9.83. The van der Waals surface area contributed by atoms with Crippen molar-refractivity contribution in [3.63, 3.8) is 0 Å². The molecule has 0 aromatic heterocycles. The van der Waals surface area contributed by atoms with E-state index in [-0.39, 0.29) is 6.17 Å². The lowest BCUT2D eigenvalue weighted by Gasteiger charge is -2.32. The fourth-order valence-electron chi connectivity index (χ4n) is 1.56. The Hall–Kier alpha value is -1.23. The molecule has 0 saturated heterocycles. The zero-order chi connectivity index (χ0) is 10.8. The quantitative estimate of drug-likeness (QED) is 0.705. The summed E-state index contributed by atoms with van der Waals surface area (Å²) < 4.78 is 0. The van der Waals surface area contributed by atoms with Gasteiger partial charge in [-0.05, 0) is 12.5 Å². The van der Waals surface area contributed by atoms with Crippen molar-refractivity contribution in [1.29, 1.82) is 0 Å². The summed E-state index contributed by atoms with van der Waals surface area (Å²) in [5, 5.41) is 11.6. The molecule has 4 heteroatoms. The van der Waals surface area contributed by atoms with E-state index < -0.39 is 6.23 Å². The molecule has 1 aliphatic rings. The van der Waals surface area contributed by atoms with Gasteiger partial charge in [-0.2, -0.15) is 0 Å². The number of aliphatic hydroxyl groups is 1. The van der Waals surface area contributed by atoms with Gasteiger partial charge in [-0.25, -0.2) is 10.4 Å². The largest absolute Gasteiger partial charge is 0.371 e. The Labute approximate surface area is 89.2 Å². The molecule has 0 saturated carbocycles. The van der Waals surface area contributed by atoms with E-state index in [0.717, 1.165) is 5.56 Å². The Balaban J connectivity index is 2.33. The van der Waals surface area contributed by atoms with E-state index in [0.29, 0.717) is 5.71 Å². The highest BCUT2D eigenvalue weighted by molar-refractivity contribution is 6.03. The van der Waals surface area contributed by atoms with Crippen molar-refractivity contribution < 1.29 is 5.11 Å². The molecule has 0 spiro atoms. The Morgan fingerprint density at radius 3 is 2.67 bits per heavy atom. The molecule has 0 amide bonds. The van der Waals surface area contributed by atoms with Crippen LogP contribution in [0.2, 0.25) is 0 Å². The lowest BCUT2D eigenvalue weighted by molar-refractivity contribution is 0.0583. The minimum atomic E-state index is -0.728. The molecule has 2 N–H and O–H groups in total. The molecule has 1 aromatic carbocycles. The Kier molecular flexibility index (Phi) is 2.81. The van der Waals surface area contributed by atoms with E-state index in [1.54, 1.807) is 5.01 Å². The van der Waals surface area contributed by atoms with E-state index in [2.05, 4.69) is 10.4 Å². The first-order chi connectivity index (χ1) is 7.18. The smallest absolute Gasteiger partial charge is 0.160 e. The molecule has 15 heavy (non-hydrogen) atoms. The number of nitrogens with one attached hydrogen (secondary N) is 1. The minimum Gasteiger partial charge on any atom is -0.371 e. The molecule has 2 atom stereocenters. The van der Waals surface area contributed by atoms with Crippen molar-refractivity contribution in [3.8, 4) is 0 Å². The van der Waals surface area contributed by atoms with Gasteiger partial charge in [-0.15, -0.1) is 0 Å². The van der Waals surface area contributed by atoms with Crippen LogP contribution in [-0.4, -0.2) is 35.3 Å². The number of aliphatic imine (C=N–C) groups is 1. The first-order valence-corrected chi connectivity index (χ1v) is 4.98. The normalized spacial score (nSPS) is 27.5. The van der Waals surface area contributed by atoms with Gasteiger partial charge < -0.3 is 5.11 Å². The van der Waals surface area contributed by atoms with Crippen LogP contribution in [0.25, 0.3) is 0 Å². The summed E-state index contributed by atoms with van der Waals surface area (Å²) in [7, 11) is 1.86. The predicted octanol–water partition coefficient (Wildman–Crippen LogP) is 0.590. The van der Waals surface area contributed by atoms with Crippen LogP contribution >= 0.6 is 0 Å². The fourth-order valence-corrected chi connectivity index (χ4v) is 1.56. The number of benzene rings is 1. The van der Waals surface area contributed by atoms with Crippen molar-refractivity contribution in [1.82, 2.24) is 10.4 Å². The van der Waals surface area contributed by atoms with Crippen molar-refractivity contribution >= 4 is 5.71 Å². The highest BCUT2D eigenvalue weighted by atomic mass is 16.3. The highest BCUT2D eigenvalue weighted by Gasteiger charge is 2.24. The summed E-state index contributed by atoms with van der Waals surface area (Å²) in [5.41, 5.74) is 4.59. The van der Waals surface area contributed by atoms with E-state index in [1.807, 2.05) is 44.3 Å². The Bertz CT molecular complexity index is 363. The third-order valence-corrected chi connectivity index (χ3v) is 2.54. The second kappa shape index (κ2) is 4.10. The Morgan fingerprint density at radius 1 is 1.33 bits per heavy atom. The highest BCUT2D eigenvalue weighted by Crippen LogP contribution is 2.11. The van der Waals surface area contributed by atoms with Crippen LogP contribution in [0.4, 0.5) is 0 Å². The summed E-state index contributed by atoms with van der Waals surface area (Å²) in [6, 6.07) is 9.72. The van der Waals surface area contributed by atoms with Gasteiger partial charge in [-0.1, -0.05) is 30.3 Å². The van der Waals surface area contributed by atoms with Gasteiger partial charge in [0.05, 0.1) is 5.71 Å². The van der Waals surface area contributed by atoms with Crippen molar-refractivity contribution in [2.45, 2.75) is 19.3 Å². The molecule has 0 fully saturated rings. The molecular formula is C11H15N3O. The summed E-state index contributed by atoms with van der Waals surface area (Å²) in [6.07, 6.45) is -0.697. The van der Waals surface area contributed by atoms with E-state index in [9.17, 15) is 5.11 Å². The molecule has 1 aliphatic heterocycles. The first-order valence-electron chi connectivity index (χ1n) is 4.98. The van der Waals surface area contributed by atoms with Gasteiger partial charge in [0.15, 0.2) is 6.23 Å². The second-order valence-electron chi connectivity index (χ2n) is 3.65. The molecule has 2 unspecified atom stereocenters. The average Bonchev–Trinajstić information content (AvgIpc) is 2.25. The zero-order valence-corrected chi connectivity index (χ0v) is 8.88. The van der Waals surface area contributed by atoms with Crippen LogP contribution in [0.3, 0.4) is 0 Å². The fraction of sp³-hybridized carbons (Fsp3) is 0.364. The molecule has 0 radical (unpaired) electrons. The standard InChI is InChI=1S/C11H15N3O/c1-8-12-10(11(15)13-14(8)2)9-6-4-3-5-7-9/h3-8,11,13,15H,1-2H3. The van der Waals surface area contributed by atoms with Crippen molar-refractivity contribution in [2.24, 2.45) is 4.99 Å². The number of rotatable bonds is 1. The van der Waals surface area contributed by atoms with Crippen molar-refractivity contribution in [3.05, 3.63) is 35.9 Å². The molecule has 0 bridgehead atoms. The number of hydrogen-bond donors (Lipinski definition) is 2. The van der Waals surface area contributed by atoms with Gasteiger partial charge in [0.25, 0.3) is 0 Å². The van der Waals surface area contributed by atoms with Crippen LogP contribution in [-0.2, 0) is 0 Å². The third kappa shape index (κ3) is 2.07. The number of aliphatic hydroxyl groups excluding tert-OH is 1. The molecule has 4 nitrogen and oxygen atoms in total. The lowest BCUT2D eigenvalue weighted by Crippen LogP contribution is -2.54. The van der Waals surface area contributed by atoms with Crippen LogP contribution in [0.5, 0.6) is 0 Å². The first kappa shape index (κ1) is 10.3. The number of nitrogens with zero attached hydrogens (tertiary/aromatic N) is 2. The van der Waals surface area contributed by atoms with Crippen LogP contribution in [0, 0.1) is 0 Å². The molecule has 1 heterocycles. The van der Waals surface area contributed by atoms with E-state index in [1.165, 1.54) is 0 Å². The lowest BCUT2D eigenvalue weighted by atomic mass is 10.1. The van der Waals surface area contributed by atoms with E-state index >= 15 is 0 Å². The van der Waals surface area contributed by atoms with E-state index in [4.69, 9.17) is 0 Å². The number of hydrogen-bond acceptors (Lipinski definition) is 4. The summed E-state index contributed by atoms with van der Waals surface area (Å²) in [6.45, 7) is 1.97. The maximum absolute atomic E-state index is 9.83. The molecule has 80 valence electrons. The minimum absolute atomic E-state index is 0.0311. The third-order valence-electron chi connectivity index (χ3n) is 2.54. The molecule has 0 aliphatic carbocycles. The SMILES string of the molecule is CC1N=C(c2ccccc2)C(O)NN1C. The van der Waals surface area contributed by atoms with Crippen molar-refractivity contribution in [2.75, 3.05) is 7.05 Å². The van der Waals surface area contributed by atoms with Crippen LogP contribution in [0.15, 0.2) is 35.3 Å². The molecule has 1 aromatic rings. The summed E-state index contributed by atoms with van der Waals surface area (Å²) in [5.74, 6) is 0. The van der Waals surface area contributed by atoms with Crippen LogP contribution < -0.4 is 5.43 Å². The summed E-state index contributed by atoms with van der Waals surface area (Å²) >= 11 is 0. The summed E-state index contributed by atoms with van der Waals surface area (Å²) in [4.78, 5) is 4.44. The molecular weight excluding hydrogens is 190 g/mol. The van der Waals surface area contributed by atoms with Gasteiger partial charge in [0.1, 0.15) is 6.17 Å².